The quantitative estimate of drug-likeness (QED) is 0.631. The molecule has 2 aromatic carbocycles. The van der Waals surface area contributed by atoms with E-state index in [2.05, 4.69) is 70.8 Å². The molecule has 1 aliphatic carbocycles. The number of hydrogen-bond donors (Lipinski definition) is 1. The van der Waals surface area contributed by atoms with Crippen LogP contribution in [0, 0.1) is 6.92 Å². The van der Waals surface area contributed by atoms with E-state index in [0.29, 0.717) is 6.04 Å². The van der Waals surface area contributed by atoms with Crippen LogP contribution < -0.4 is 9.27 Å². The monoisotopic (exact) mass is 364 g/mol. The van der Waals surface area contributed by atoms with Gasteiger partial charge in [0, 0.05) is 6.04 Å². The highest BCUT2D eigenvalue weighted by Gasteiger charge is 2.25. The zero-order valence-corrected chi connectivity index (χ0v) is 16.1. The topological polar surface area (TPSA) is 28.8 Å². The predicted molar refractivity (Wildman–Crippen MR) is 109 cm³/mol. The van der Waals surface area contributed by atoms with E-state index in [0.717, 1.165) is 17.5 Å². The average Bonchev–Trinajstić information content (AvgIpc) is 3.06. The largest absolute Gasteiger partial charge is 0.345 e. The van der Waals surface area contributed by atoms with Crippen molar-refractivity contribution >= 4 is 16.7 Å². The van der Waals surface area contributed by atoms with Crippen LogP contribution in [-0.4, -0.2) is 11.0 Å². The first-order valence-corrected chi connectivity index (χ1v) is 10.3. The third kappa shape index (κ3) is 4.13. The van der Waals surface area contributed by atoms with Crippen LogP contribution in [0.1, 0.15) is 43.2 Å². The molecule has 0 aliphatic heterocycles. The van der Waals surface area contributed by atoms with E-state index in [9.17, 15) is 0 Å². The molecule has 0 bridgehead atoms. The van der Waals surface area contributed by atoms with Gasteiger partial charge in [-0.15, -0.1) is 0 Å². The van der Waals surface area contributed by atoms with Gasteiger partial charge < -0.3 is 5.32 Å². The van der Waals surface area contributed by atoms with Crippen LogP contribution in [0.5, 0.6) is 0 Å². The summed E-state index contributed by atoms with van der Waals surface area (Å²) in [6.45, 7) is 2.98. The second-order valence-corrected chi connectivity index (χ2v) is 8.21. The predicted octanol–water partition coefficient (Wildman–Crippen LogP) is 5.20. The number of aryl methyl sites for hydroxylation is 1. The van der Waals surface area contributed by atoms with Gasteiger partial charge in [-0.25, -0.2) is 0 Å². The Labute approximate surface area is 159 Å². The van der Waals surface area contributed by atoms with Crippen LogP contribution in [0.4, 0.5) is 5.13 Å². The van der Waals surface area contributed by atoms with E-state index in [1.165, 1.54) is 48.8 Å². The number of benzene rings is 2. The first-order chi connectivity index (χ1) is 12.8. The van der Waals surface area contributed by atoms with Crippen LogP contribution in [0.15, 0.2) is 54.6 Å². The van der Waals surface area contributed by atoms with E-state index in [-0.39, 0.29) is 0 Å². The van der Waals surface area contributed by atoms with E-state index in [1.54, 1.807) is 11.5 Å². The molecule has 4 heteroatoms. The van der Waals surface area contributed by atoms with Crippen LogP contribution >= 0.6 is 11.5 Å². The second-order valence-electron chi connectivity index (χ2n) is 7.20. The van der Waals surface area contributed by atoms with Crippen molar-refractivity contribution < 1.29 is 3.96 Å². The lowest BCUT2D eigenvalue weighted by Crippen LogP contribution is -2.32. The fourth-order valence-corrected chi connectivity index (χ4v) is 4.57. The fraction of sp³-hybridized carbons (Fsp3) is 0.364. The molecule has 1 N–H and O–H groups in total. The maximum atomic E-state index is 4.97. The first kappa shape index (κ1) is 17.2. The molecule has 1 aromatic heterocycles. The van der Waals surface area contributed by atoms with E-state index < -0.39 is 0 Å². The number of nitrogens with one attached hydrogen (secondary N) is 1. The van der Waals surface area contributed by atoms with Gasteiger partial charge in [0.15, 0.2) is 0 Å². The Kier molecular flexibility index (Phi) is 5.30. The Morgan fingerprint density at radius 1 is 1.00 bits per heavy atom. The number of anilines is 1. The van der Waals surface area contributed by atoms with Crippen LogP contribution in [0.25, 0.3) is 11.4 Å². The summed E-state index contributed by atoms with van der Waals surface area (Å²) in [6.07, 6.45) is 6.56. The molecule has 4 rings (SSSR count). The summed E-state index contributed by atoms with van der Waals surface area (Å²) in [4.78, 5) is 4.97. The number of rotatable bonds is 5. The molecule has 0 radical (unpaired) electrons. The minimum Gasteiger partial charge on any atom is -0.335 e. The Morgan fingerprint density at radius 3 is 2.46 bits per heavy atom. The molecule has 1 fully saturated rings. The van der Waals surface area contributed by atoms with Crippen LogP contribution in [0.3, 0.4) is 0 Å². The SMILES string of the molecule is Cc1ccc(-c2nc(NC3CCCCC3)s[n+]2Cc2ccccc2)cc1. The van der Waals surface area contributed by atoms with Crippen molar-refractivity contribution in [2.75, 3.05) is 5.32 Å². The summed E-state index contributed by atoms with van der Waals surface area (Å²) < 4.78 is 2.31. The summed E-state index contributed by atoms with van der Waals surface area (Å²) in [7, 11) is 0. The standard InChI is InChI=1S/C22H25N3S/c1-17-12-14-19(15-13-17)21-24-22(23-20-10-6-3-7-11-20)26-25(21)16-18-8-4-2-5-9-18/h2,4-5,8-9,12-15,20H,3,6-7,10-11,16H2,1H3/p+1. The highest BCUT2D eigenvalue weighted by molar-refractivity contribution is 7.06. The van der Waals surface area contributed by atoms with Crippen molar-refractivity contribution in [1.82, 2.24) is 4.98 Å². The Balaban J connectivity index is 1.63. The second kappa shape index (κ2) is 8.00. The third-order valence-corrected chi connectivity index (χ3v) is 5.96. The molecule has 1 saturated carbocycles. The molecule has 134 valence electrons. The zero-order chi connectivity index (χ0) is 17.8. The van der Waals surface area contributed by atoms with Crippen molar-refractivity contribution in [3.8, 4) is 11.4 Å². The first-order valence-electron chi connectivity index (χ1n) is 9.56. The summed E-state index contributed by atoms with van der Waals surface area (Å²) in [5, 5.41) is 4.74. The van der Waals surface area contributed by atoms with Gasteiger partial charge >= 0.3 is 11.0 Å². The van der Waals surface area contributed by atoms with Crippen molar-refractivity contribution in [2.24, 2.45) is 0 Å². The van der Waals surface area contributed by atoms with Crippen LogP contribution in [-0.2, 0) is 6.54 Å². The van der Waals surface area contributed by atoms with Gasteiger partial charge in [0.05, 0.1) is 5.56 Å². The van der Waals surface area contributed by atoms with E-state index in [1.807, 2.05) is 0 Å². The van der Waals surface area contributed by atoms with Crippen molar-refractivity contribution in [1.29, 1.82) is 0 Å². The van der Waals surface area contributed by atoms with Crippen LogP contribution in [0.2, 0.25) is 0 Å². The summed E-state index contributed by atoms with van der Waals surface area (Å²) in [5.74, 6) is 1.05. The lowest BCUT2D eigenvalue weighted by atomic mass is 9.96. The number of nitrogens with zero attached hydrogens (tertiary/aromatic N) is 2. The van der Waals surface area contributed by atoms with E-state index in [4.69, 9.17) is 4.98 Å². The zero-order valence-electron chi connectivity index (χ0n) is 15.3. The Morgan fingerprint density at radius 2 is 1.73 bits per heavy atom. The van der Waals surface area contributed by atoms with E-state index >= 15 is 0 Å². The molecule has 1 heterocycles. The summed E-state index contributed by atoms with van der Waals surface area (Å²) >= 11 is 1.74. The molecule has 0 saturated heterocycles. The van der Waals surface area contributed by atoms with Crippen molar-refractivity contribution in [2.45, 2.75) is 51.6 Å². The van der Waals surface area contributed by atoms with Gasteiger partial charge in [-0.1, -0.05) is 67.3 Å². The van der Waals surface area contributed by atoms with Gasteiger partial charge in [-0.3, -0.25) is 0 Å². The van der Waals surface area contributed by atoms with Crippen molar-refractivity contribution in [3.05, 3.63) is 65.7 Å². The molecule has 0 unspecified atom stereocenters. The smallest absolute Gasteiger partial charge is 0.335 e. The molecular formula is C22H26N3S+. The van der Waals surface area contributed by atoms with Crippen molar-refractivity contribution in [3.63, 3.8) is 0 Å². The minimum atomic E-state index is 0.575. The van der Waals surface area contributed by atoms with Gasteiger partial charge in [-0.05, 0) is 42.4 Å². The maximum Gasteiger partial charge on any atom is 0.345 e. The molecule has 1 aliphatic rings. The molecule has 0 amide bonds. The number of aromatic nitrogens is 2. The summed E-state index contributed by atoms with van der Waals surface area (Å²) in [6, 6.07) is 19.9. The van der Waals surface area contributed by atoms with Gasteiger partial charge in [0.1, 0.15) is 18.1 Å². The number of hydrogen-bond acceptors (Lipinski definition) is 3. The van der Waals surface area contributed by atoms with Gasteiger partial charge in [0.2, 0.25) is 0 Å². The third-order valence-electron chi connectivity index (χ3n) is 5.05. The van der Waals surface area contributed by atoms with Gasteiger partial charge in [-0.2, -0.15) is 3.96 Å². The molecule has 0 atom stereocenters. The average molecular weight is 365 g/mol. The van der Waals surface area contributed by atoms with Gasteiger partial charge in [0.25, 0.3) is 0 Å². The lowest BCUT2D eigenvalue weighted by molar-refractivity contribution is -0.610. The highest BCUT2D eigenvalue weighted by Crippen LogP contribution is 2.25. The fourth-order valence-electron chi connectivity index (χ4n) is 3.57. The normalized spacial score (nSPS) is 15.1. The Hall–Kier alpha value is -2.20. The summed E-state index contributed by atoms with van der Waals surface area (Å²) in [5.41, 5.74) is 3.76. The molecule has 3 aromatic rings. The molecule has 26 heavy (non-hydrogen) atoms. The molecule has 3 nitrogen and oxygen atoms in total. The molecular weight excluding hydrogens is 338 g/mol. The molecule has 0 spiro atoms. The highest BCUT2D eigenvalue weighted by atomic mass is 32.1. The Bertz CT molecular complexity index is 834. The minimum absolute atomic E-state index is 0.575. The lowest BCUT2D eigenvalue weighted by Gasteiger charge is -2.20. The maximum absolute atomic E-state index is 4.97.